The van der Waals surface area contributed by atoms with E-state index in [2.05, 4.69) is 46.5 Å². The lowest BCUT2D eigenvalue weighted by atomic mass is 10.2. The van der Waals surface area contributed by atoms with E-state index in [1.807, 2.05) is 13.8 Å². The highest BCUT2D eigenvalue weighted by Gasteiger charge is 2.43. The minimum atomic E-state index is -1.72. The molecule has 1 aliphatic rings. The van der Waals surface area contributed by atoms with Crippen molar-refractivity contribution in [1.29, 1.82) is 0 Å². The van der Waals surface area contributed by atoms with E-state index in [4.69, 9.17) is 13.9 Å². The molecule has 108 valence electrons. The van der Waals surface area contributed by atoms with Crippen LogP contribution in [0.2, 0.25) is 18.1 Å². The molecule has 0 unspecified atom stereocenters. The first-order valence-corrected chi connectivity index (χ1v) is 10.1. The van der Waals surface area contributed by atoms with E-state index in [9.17, 15) is 0 Å². The van der Waals surface area contributed by atoms with Crippen LogP contribution in [-0.4, -0.2) is 38.7 Å². The lowest BCUT2D eigenvalue weighted by molar-refractivity contribution is -0.147. The van der Waals surface area contributed by atoms with Gasteiger partial charge in [0.1, 0.15) is 6.10 Å². The first-order chi connectivity index (χ1) is 7.98. The summed E-state index contributed by atoms with van der Waals surface area (Å²) in [5, 5.41) is 0.221. The van der Waals surface area contributed by atoms with Crippen LogP contribution in [-0.2, 0) is 13.9 Å². The second-order valence-corrected chi connectivity index (χ2v) is 12.1. The van der Waals surface area contributed by atoms with Crippen molar-refractivity contribution >= 4 is 20.9 Å². The van der Waals surface area contributed by atoms with Crippen molar-refractivity contribution in [2.24, 2.45) is 0 Å². The molecule has 0 bridgehead atoms. The van der Waals surface area contributed by atoms with Gasteiger partial charge in [0, 0.05) is 5.75 Å². The summed E-state index contributed by atoms with van der Waals surface area (Å²) in [7, 11) is -1.72. The molecule has 0 aromatic rings. The third kappa shape index (κ3) is 3.97. The highest BCUT2D eigenvalue weighted by molar-refractivity contribution is 7.80. The largest absolute Gasteiger partial charge is 0.414 e. The summed E-state index contributed by atoms with van der Waals surface area (Å²) in [5.41, 5.74) is 0. The highest BCUT2D eigenvalue weighted by atomic mass is 32.1. The summed E-state index contributed by atoms with van der Waals surface area (Å²) in [6.45, 7) is 15.7. The van der Waals surface area contributed by atoms with E-state index >= 15 is 0 Å². The molecule has 1 heterocycles. The summed E-state index contributed by atoms with van der Waals surface area (Å²) < 4.78 is 17.9. The quantitative estimate of drug-likeness (QED) is 0.635. The maximum atomic E-state index is 6.20. The molecule has 0 spiro atoms. The van der Waals surface area contributed by atoms with Crippen molar-refractivity contribution in [3.63, 3.8) is 0 Å². The molecule has 0 aromatic heterocycles. The minimum Gasteiger partial charge on any atom is -0.414 e. The summed E-state index contributed by atoms with van der Waals surface area (Å²) in [6, 6.07) is 0. The predicted molar refractivity (Wildman–Crippen MR) is 80.8 cm³/mol. The molecule has 1 aliphatic heterocycles. The molecule has 0 amide bonds. The average Bonchev–Trinajstić information content (AvgIpc) is 2.48. The molecule has 0 aromatic carbocycles. The van der Waals surface area contributed by atoms with E-state index in [-0.39, 0.29) is 17.2 Å². The third-order valence-corrected chi connectivity index (χ3v) is 8.74. The fourth-order valence-corrected chi connectivity index (χ4v) is 3.04. The Kier molecular flexibility index (Phi) is 4.99. The van der Waals surface area contributed by atoms with Gasteiger partial charge in [-0.3, -0.25) is 0 Å². The molecule has 5 heteroatoms. The monoisotopic (exact) mass is 292 g/mol. The first-order valence-electron chi connectivity index (χ1n) is 6.59. The Morgan fingerprint density at radius 3 is 2.11 bits per heavy atom. The average molecular weight is 293 g/mol. The van der Waals surface area contributed by atoms with Crippen LogP contribution in [0.25, 0.3) is 0 Å². The van der Waals surface area contributed by atoms with Gasteiger partial charge in [0.2, 0.25) is 0 Å². The molecule has 1 saturated heterocycles. The standard InChI is InChI=1S/C13H28O3SSi/c1-12(2,3)18(6,7)14-8-10-11(9-17)16-13(4,5)15-10/h10-11,17H,8-9H2,1-7H3/t10-,11-/m0/s1. The van der Waals surface area contributed by atoms with Crippen molar-refractivity contribution < 1.29 is 13.9 Å². The van der Waals surface area contributed by atoms with Gasteiger partial charge in [0.05, 0.1) is 12.7 Å². The van der Waals surface area contributed by atoms with Crippen LogP contribution in [0.3, 0.4) is 0 Å². The molecule has 0 N–H and O–H groups in total. The molecular weight excluding hydrogens is 264 g/mol. The smallest absolute Gasteiger partial charge is 0.192 e. The molecule has 0 aliphatic carbocycles. The van der Waals surface area contributed by atoms with Crippen molar-refractivity contribution in [2.75, 3.05) is 12.4 Å². The van der Waals surface area contributed by atoms with Gasteiger partial charge in [0.15, 0.2) is 14.1 Å². The molecule has 0 radical (unpaired) electrons. The lowest BCUT2D eigenvalue weighted by Crippen LogP contribution is -2.44. The van der Waals surface area contributed by atoms with Crippen LogP contribution in [0.15, 0.2) is 0 Å². The number of thiol groups is 1. The van der Waals surface area contributed by atoms with E-state index in [1.54, 1.807) is 0 Å². The van der Waals surface area contributed by atoms with Crippen molar-refractivity contribution in [2.45, 2.75) is 70.7 Å². The summed E-state index contributed by atoms with van der Waals surface area (Å²) in [5.74, 6) is 0.143. The van der Waals surface area contributed by atoms with E-state index < -0.39 is 14.1 Å². The van der Waals surface area contributed by atoms with Crippen LogP contribution < -0.4 is 0 Å². The SMILES string of the molecule is CC1(C)O[C@@H](CS)[C@H](CO[Si](C)(C)C(C)(C)C)O1. The van der Waals surface area contributed by atoms with E-state index in [0.29, 0.717) is 12.4 Å². The number of hydrogen-bond acceptors (Lipinski definition) is 4. The second-order valence-electron chi connectivity index (χ2n) is 6.97. The second kappa shape index (κ2) is 5.44. The molecule has 3 nitrogen and oxygen atoms in total. The molecule has 0 saturated carbocycles. The van der Waals surface area contributed by atoms with Gasteiger partial charge in [-0.1, -0.05) is 20.8 Å². The van der Waals surface area contributed by atoms with Gasteiger partial charge >= 0.3 is 0 Å². The Morgan fingerprint density at radius 2 is 1.67 bits per heavy atom. The third-order valence-electron chi connectivity index (χ3n) is 3.88. The number of ether oxygens (including phenoxy) is 2. The predicted octanol–water partition coefficient (Wildman–Crippen LogP) is 3.46. The fraction of sp³-hybridized carbons (Fsp3) is 1.00. The molecule has 2 atom stereocenters. The van der Waals surface area contributed by atoms with Gasteiger partial charge in [-0.25, -0.2) is 0 Å². The van der Waals surface area contributed by atoms with Gasteiger partial charge in [-0.05, 0) is 32.0 Å². The van der Waals surface area contributed by atoms with Gasteiger partial charge in [-0.2, -0.15) is 12.6 Å². The van der Waals surface area contributed by atoms with Crippen LogP contribution in [0.5, 0.6) is 0 Å². The zero-order chi connectivity index (χ0) is 14.2. The Balaban J connectivity index is 2.58. The maximum Gasteiger partial charge on any atom is 0.192 e. The Labute approximate surface area is 118 Å². The molecular formula is C13H28O3SSi. The van der Waals surface area contributed by atoms with E-state index in [1.165, 1.54) is 0 Å². The molecule has 18 heavy (non-hydrogen) atoms. The number of rotatable bonds is 4. The van der Waals surface area contributed by atoms with Crippen LogP contribution in [0.4, 0.5) is 0 Å². The number of hydrogen-bond donors (Lipinski definition) is 1. The summed E-state index contributed by atoms with van der Waals surface area (Å²) >= 11 is 4.33. The van der Waals surface area contributed by atoms with Gasteiger partial charge in [-0.15, -0.1) is 0 Å². The van der Waals surface area contributed by atoms with Gasteiger partial charge < -0.3 is 13.9 Å². The highest BCUT2D eigenvalue weighted by Crippen LogP contribution is 2.37. The molecule has 1 rings (SSSR count). The summed E-state index contributed by atoms with van der Waals surface area (Å²) in [4.78, 5) is 0. The first kappa shape index (κ1) is 16.5. The zero-order valence-corrected chi connectivity index (χ0v) is 14.6. The topological polar surface area (TPSA) is 27.7 Å². The van der Waals surface area contributed by atoms with Crippen molar-refractivity contribution in [3.05, 3.63) is 0 Å². The summed E-state index contributed by atoms with van der Waals surface area (Å²) in [6.07, 6.45) is 0.0136. The normalized spacial score (nSPS) is 28.7. The van der Waals surface area contributed by atoms with Crippen molar-refractivity contribution in [3.8, 4) is 0 Å². The maximum absolute atomic E-state index is 6.20. The van der Waals surface area contributed by atoms with Crippen LogP contribution >= 0.6 is 12.6 Å². The van der Waals surface area contributed by atoms with Crippen LogP contribution in [0, 0.1) is 0 Å². The minimum absolute atomic E-state index is 0.00775. The zero-order valence-electron chi connectivity index (χ0n) is 12.7. The van der Waals surface area contributed by atoms with E-state index in [0.717, 1.165) is 0 Å². The fourth-order valence-electron chi connectivity index (χ4n) is 1.71. The van der Waals surface area contributed by atoms with Crippen LogP contribution in [0.1, 0.15) is 34.6 Å². The lowest BCUT2D eigenvalue weighted by Gasteiger charge is -2.37. The Bertz CT molecular complexity index is 286. The van der Waals surface area contributed by atoms with Crippen molar-refractivity contribution in [1.82, 2.24) is 0 Å². The van der Waals surface area contributed by atoms with Gasteiger partial charge in [0.25, 0.3) is 0 Å². The molecule has 1 fully saturated rings. The Hall–Kier alpha value is 0.447. The Morgan fingerprint density at radius 1 is 1.17 bits per heavy atom.